The van der Waals surface area contributed by atoms with Crippen LogP contribution in [0.15, 0.2) is 29.2 Å². The second kappa shape index (κ2) is 6.83. The molecule has 0 saturated carbocycles. The molecule has 2 saturated heterocycles. The molecule has 0 aliphatic carbocycles. The molecule has 0 bridgehead atoms. The highest BCUT2D eigenvalue weighted by atomic mass is 32.2. The van der Waals surface area contributed by atoms with Gasteiger partial charge in [0.2, 0.25) is 0 Å². The Labute approximate surface area is 154 Å². The summed E-state index contributed by atoms with van der Waals surface area (Å²) >= 11 is 0. The molecule has 2 fully saturated rings. The second-order valence-electron chi connectivity index (χ2n) is 7.20. The van der Waals surface area contributed by atoms with E-state index in [4.69, 9.17) is 4.74 Å². The van der Waals surface area contributed by atoms with Crippen LogP contribution in [0.4, 0.5) is 0 Å². The van der Waals surface area contributed by atoms with Gasteiger partial charge in [0.25, 0.3) is 0 Å². The summed E-state index contributed by atoms with van der Waals surface area (Å²) in [5, 5.41) is 9.47. The molecule has 2 aliphatic heterocycles. The molecule has 0 spiro atoms. The molecular weight excluding hydrogens is 376 g/mol. The average molecular weight is 399 g/mol. The fourth-order valence-electron chi connectivity index (χ4n) is 3.80. The van der Waals surface area contributed by atoms with Gasteiger partial charge in [-0.1, -0.05) is 0 Å². The molecule has 0 N–H and O–H groups in total. The summed E-state index contributed by atoms with van der Waals surface area (Å²) in [5.74, 6) is 0.596. The van der Waals surface area contributed by atoms with Crippen LogP contribution < -0.4 is 4.74 Å². The third-order valence-electron chi connectivity index (χ3n) is 5.06. The molecule has 1 aromatic carbocycles. The third-order valence-corrected chi connectivity index (χ3v) is 8.05. The summed E-state index contributed by atoms with van der Waals surface area (Å²) in [4.78, 5) is 2.39. The lowest BCUT2D eigenvalue weighted by atomic mass is 9.83. The van der Waals surface area contributed by atoms with Crippen molar-refractivity contribution < 1.29 is 21.6 Å². The predicted octanol–water partition coefficient (Wildman–Crippen LogP) is 0.729. The Hall–Kier alpha value is -1.63. The molecule has 1 aromatic rings. The van der Waals surface area contributed by atoms with Crippen LogP contribution in [0.2, 0.25) is 0 Å². The van der Waals surface area contributed by atoms with E-state index in [1.165, 1.54) is 12.1 Å². The number of fused-ring (bicyclic) bond motifs is 1. The summed E-state index contributed by atoms with van der Waals surface area (Å²) in [7, 11) is -6.30. The number of sulfone groups is 2. The summed E-state index contributed by atoms with van der Waals surface area (Å²) in [6.45, 7) is 2.34. The normalized spacial score (nSPS) is 27.8. The Balaban J connectivity index is 1.46. The molecule has 0 unspecified atom stereocenters. The van der Waals surface area contributed by atoms with Crippen LogP contribution in [-0.2, 0) is 19.7 Å². The van der Waals surface area contributed by atoms with Gasteiger partial charge in [-0.25, -0.2) is 16.8 Å². The minimum absolute atomic E-state index is 0.0269. The average Bonchev–Trinajstić information content (AvgIpc) is 3.00. The standard InChI is InChI=1S/C17H22N2O5S2/c1-25(20,21)16-5-3-15(4-6-16)24-8-2-7-19-9-14-10-26(22,23)13-17(14,11-18)12-19/h3-6,14H,2,7-10,12-13H2,1H3/t14-,17+/m1/s1. The van der Waals surface area contributed by atoms with E-state index < -0.39 is 25.1 Å². The Morgan fingerprint density at radius 3 is 2.62 bits per heavy atom. The van der Waals surface area contributed by atoms with E-state index >= 15 is 0 Å². The largest absolute Gasteiger partial charge is 0.494 e. The Kier molecular flexibility index (Phi) is 5.03. The molecule has 0 amide bonds. The monoisotopic (exact) mass is 398 g/mol. The van der Waals surface area contributed by atoms with Crippen LogP contribution >= 0.6 is 0 Å². The molecule has 2 atom stereocenters. The molecule has 2 heterocycles. The van der Waals surface area contributed by atoms with Gasteiger partial charge >= 0.3 is 0 Å². The number of likely N-dealkylation sites (tertiary alicyclic amines) is 1. The van der Waals surface area contributed by atoms with E-state index in [2.05, 4.69) is 11.0 Å². The number of nitriles is 1. The lowest BCUT2D eigenvalue weighted by Gasteiger charge is -2.19. The maximum atomic E-state index is 11.8. The molecule has 9 heteroatoms. The van der Waals surface area contributed by atoms with Gasteiger partial charge in [-0.2, -0.15) is 5.26 Å². The highest BCUT2D eigenvalue weighted by Gasteiger charge is 2.55. The number of hydrogen-bond acceptors (Lipinski definition) is 7. The SMILES string of the molecule is CS(=O)(=O)c1ccc(OCCCN2C[C@@H]3CS(=O)(=O)C[C@]3(C#N)C2)cc1. The summed E-state index contributed by atoms with van der Waals surface area (Å²) in [5.41, 5.74) is -0.749. The first-order valence-electron chi connectivity index (χ1n) is 8.41. The topological polar surface area (TPSA) is 105 Å². The number of hydrogen-bond donors (Lipinski definition) is 0. The van der Waals surface area contributed by atoms with Crippen molar-refractivity contribution in [1.82, 2.24) is 4.90 Å². The van der Waals surface area contributed by atoms with Gasteiger partial charge in [0.15, 0.2) is 19.7 Å². The number of rotatable bonds is 6. The van der Waals surface area contributed by atoms with Gasteiger partial charge in [0.1, 0.15) is 5.75 Å². The fourth-order valence-corrected chi connectivity index (χ4v) is 6.77. The summed E-state index contributed by atoms with van der Waals surface area (Å²) < 4.78 is 52.0. The van der Waals surface area contributed by atoms with E-state index in [0.717, 1.165) is 19.2 Å². The Bertz CT molecular complexity index is 919. The number of ether oxygens (including phenoxy) is 1. The molecule has 2 aliphatic rings. The van der Waals surface area contributed by atoms with Crippen molar-refractivity contribution in [1.29, 1.82) is 5.26 Å². The zero-order chi connectivity index (χ0) is 19.0. The van der Waals surface area contributed by atoms with E-state index in [1.54, 1.807) is 12.1 Å². The molecule has 26 heavy (non-hydrogen) atoms. The van der Waals surface area contributed by atoms with E-state index in [9.17, 15) is 22.1 Å². The van der Waals surface area contributed by atoms with Gasteiger partial charge in [0, 0.05) is 31.8 Å². The van der Waals surface area contributed by atoms with Crippen molar-refractivity contribution in [3.63, 3.8) is 0 Å². The van der Waals surface area contributed by atoms with Crippen molar-refractivity contribution in [2.45, 2.75) is 11.3 Å². The first kappa shape index (κ1) is 19.1. The van der Waals surface area contributed by atoms with Crippen molar-refractivity contribution in [2.75, 3.05) is 44.0 Å². The van der Waals surface area contributed by atoms with Gasteiger partial charge in [-0.05, 0) is 30.7 Å². The highest BCUT2D eigenvalue weighted by molar-refractivity contribution is 7.91. The van der Waals surface area contributed by atoms with Crippen LogP contribution in [0, 0.1) is 22.7 Å². The van der Waals surface area contributed by atoms with Gasteiger partial charge in [-0.3, -0.25) is 0 Å². The number of nitrogens with zero attached hydrogens (tertiary/aromatic N) is 2. The van der Waals surface area contributed by atoms with Crippen LogP contribution in [-0.4, -0.2) is 65.7 Å². The van der Waals surface area contributed by atoms with E-state index in [0.29, 0.717) is 25.4 Å². The molecule has 0 aromatic heterocycles. The first-order valence-corrected chi connectivity index (χ1v) is 12.1. The van der Waals surface area contributed by atoms with Gasteiger partial charge < -0.3 is 9.64 Å². The van der Waals surface area contributed by atoms with Crippen LogP contribution in [0.1, 0.15) is 6.42 Å². The smallest absolute Gasteiger partial charge is 0.175 e. The maximum absolute atomic E-state index is 11.8. The Morgan fingerprint density at radius 1 is 1.35 bits per heavy atom. The molecule has 142 valence electrons. The lowest BCUT2D eigenvalue weighted by molar-refractivity contribution is 0.253. The van der Waals surface area contributed by atoms with Crippen LogP contribution in [0.5, 0.6) is 5.75 Å². The number of benzene rings is 1. The van der Waals surface area contributed by atoms with E-state index in [-0.39, 0.29) is 22.3 Å². The summed E-state index contributed by atoms with van der Waals surface area (Å²) in [6.07, 6.45) is 1.91. The molecular formula is C17H22N2O5S2. The van der Waals surface area contributed by atoms with Crippen molar-refractivity contribution >= 4 is 19.7 Å². The van der Waals surface area contributed by atoms with Crippen molar-refractivity contribution in [2.24, 2.45) is 11.3 Å². The van der Waals surface area contributed by atoms with Crippen molar-refractivity contribution in [3.8, 4) is 11.8 Å². The van der Waals surface area contributed by atoms with Crippen molar-refractivity contribution in [3.05, 3.63) is 24.3 Å². The highest BCUT2D eigenvalue weighted by Crippen LogP contribution is 2.43. The van der Waals surface area contributed by atoms with Crippen LogP contribution in [0.3, 0.4) is 0 Å². The Morgan fingerprint density at radius 2 is 2.04 bits per heavy atom. The predicted molar refractivity (Wildman–Crippen MR) is 96.3 cm³/mol. The fraction of sp³-hybridized carbons (Fsp3) is 0.588. The second-order valence-corrected chi connectivity index (χ2v) is 11.3. The molecule has 3 rings (SSSR count). The quantitative estimate of drug-likeness (QED) is 0.651. The zero-order valence-electron chi connectivity index (χ0n) is 14.6. The van der Waals surface area contributed by atoms with Crippen LogP contribution in [0.25, 0.3) is 0 Å². The molecule has 0 radical (unpaired) electrons. The minimum atomic E-state index is -3.21. The summed E-state index contributed by atoms with van der Waals surface area (Å²) in [6, 6.07) is 8.55. The van der Waals surface area contributed by atoms with E-state index in [1.807, 2.05) is 0 Å². The van der Waals surface area contributed by atoms with Gasteiger partial charge in [0.05, 0.1) is 34.5 Å². The maximum Gasteiger partial charge on any atom is 0.175 e. The lowest BCUT2D eigenvalue weighted by Crippen LogP contribution is -2.31. The van der Waals surface area contributed by atoms with Gasteiger partial charge in [-0.15, -0.1) is 0 Å². The minimum Gasteiger partial charge on any atom is -0.494 e. The zero-order valence-corrected chi connectivity index (χ0v) is 16.2. The third kappa shape index (κ3) is 4.03. The molecule has 7 nitrogen and oxygen atoms in total. The first-order chi connectivity index (χ1) is 12.1.